The molecule has 3 aromatic carbocycles. The number of benzene rings is 3. The molecule has 0 fully saturated rings. The lowest BCUT2D eigenvalue weighted by Gasteiger charge is -2.14. The number of carbonyl (C=O) groups excluding carboxylic acids is 2. The summed E-state index contributed by atoms with van der Waals surface area (Å²) in [6.45, 7) is 2.50. The van der Waals surface area contributed by atoms with Gasteiger partial charge in [-0.25, -0.2) is 0 Å². The average Bonchev–Trinajstić information content (AvgIpc) is 2.79. The van der Waals surface area contributed by atoms with E-state index in [1.54, 1.807) is 36.4 Å². The van der Waals surface area contributed by atoms with E-state index < -0.39 is 0 Å². The lowest BCUT2D eigenvalue weighted by Crippen LogP contribution is -2.34. The normalized spacial score (nSPS) is 10.2. The molecular weight excluding hydrogens is 502 g/mol. The minimum Gasteiger partial charge on any atom is -0.493 e. The molecule has 0 atom stereocenters. The van der Waals surface area contributed by atoms with E-state index in [0.717, 1.165) is 16.5 Å². The summed E-state index contributed by atoms with van der Waals surface area (Å²) >= 11 is 8.69. The maximum atomic E-state index is 12.8. The Morgan fingerprint density at radius 3 is 2.39 bits per heavy atom. The van der Waals surface area contributed by atoms with E-state index in [2.05, 4.69) is 31.9 Å². The number of hydrogen-bond acceptors (Lipinski definition) is 4. The molecule has 3 rings (SSSR count). The summed E-state index contributed by atoms with van der Waals surface area (Å²) in [6.07, 6.45) is 1.11. The van der Waals surface area contributed by atoms with Gasteiger partial charge in [-0.1, -0.05) is 59.3 Å². The molecule has 0 aliphatic rings. The highest BCUT2D eigenvalue weighted by Crippen LogP contribution is 2.23. The number of rotatable bonds is 8. The smallest absolute Gasteiger partial charge is 0.261 e. The van der Waals surface area contributed by atoms with Crippen molar-refractivity contribution in [1.82, 2.24) is 5.32 Å². The number of nitrogens with one attached hydrogen (secondary N) is 3. The Balaban J connectivity index is 1.60. The Labute approximate surface area is 206 Å². The molecule has 0 spiro atoms. The van der Waals surface area contributed by atoms with E-state index >= 15 is 0 Å². The molecule has 8 heteroatoms. The Morgan fingerprint density at radius 2 is 1.67 bits per heavy atom. The van der Waals surface area contributed by atoms with Crippen molar-refractivity contribution in [3.63, 3.8) is 0 Å². The van der Waals surface area contributed by atoms with Gasteiger partial charge in [0.25, 0.3) is 5.91 Å². The van der Waals surface area contributed by atoms with E-state index in [-0.39, 0.29) is 23.3 Å². The highest BCUT2D eigenvalue weighted by atomic mass is 79.9. The van der Waals surface area contributed by atoms with Crippen LogP contribution in [0.4, 0.5) is 11.4 Å². The minimum absolute atomic E-state index is 0.122. The highest BCUT2D eigenvalue weighted by Gasteiger charge is 2.15. The first-order valence-corrected chi connectivity index (χ1v) is 11.6. The van der Waals surface area contributed by atoms with Crippen LogP contribution < -0.4 is 20.7 Å². The second-order valence-electron chi connectivity index (χ2n) is 7.19. The quantitative estimate of drug-likeness (QED) is 0.336. The number of thiocarbonyl (C=S) groups is 1. The molecular formula is C25H24BrN3O3S. The maximum absolute atomic E-state index is 12.8. The van der Waals surface area contributed by atoms with Crippen molar-refractivity contribution >= 4 is 56.4 Å². The Morgan fingerprint density at radius 1 is 0.939 bits per heavy atom. The maximum Gasteiger partial charge on any atom is 0.261 e. The standard InChI is InChI=1S/C25H24BrN3O3S/c1-2-13-32-22-12-11-18(26)15-21(22)24(31)29-25(33)28-20-10-6-9-19(16-20)27-23(30)14-17-7-4-3-5-8-17/h3-12,15-16H,2,13-14H2,1H3,(H,27,30)(H2,28,29,31,33). The Hall–Kier alpha value is -3.23. The Bertz CT molecular complexity index is 1140. The van der Waals surface area contributed by atoms with Crippen molar-refractivity contribution in [2.75, 3.05) is 17.2 Å². The van der Waals surface area contributed by atoms with Crippen LogP contribution in [0.1, 0.15) is 29.3 Å². The van der Waals surface area contributed by atoms with Gasteiger partial charge in [0.15, 0.2) is 5.11 Å². The van der Waals surface area contributed by atoms with Gasteiger partial charge >= 0.3 is 0 Å². The fourth-order valence-corrected chi connectivity index (χ4v) is 3.58. The molecule has 170 valence electrons. The predicted octanol–water partition coefficient (Wildman–Crippen LogP) is 5.55. The summed E-state index contributed by atoms with van der Waals surface area (Å²) in [5.41, 5.74) is 2.57. The van der Waals surface area contributed by atoms with E-state index in [1.807, 2.05) is 43.3 Å². The molecule has 0 unspecified atom stereocenters. The zero-order valence-electron chi connectivity index (χ0n) is 18.1. The molecule has 2 amide bonds. The molecule has 33 heavy (non-hydrogen) atoms. The summed E-state index contributed by atoms with van der Waals surface area (Å²) in [7, 11) is 0. The molecule has 0 aliphatic heterocycles. The third-order valence-corrected chi connectivity index (χ3v) is 5.18. The second kappa shape index (κ2) is 12.1. The molecule has 0 aliphatic carbocycles. The fraction of sp³-hybridized carbons (Fsp3) is 0.160. The minimum atomic E-state index is -0.382. The van der Waals surface area contributed by atoms with Crippen LogP contribution in [0.3, 0.4) is 0 Å². The molecule has 0 saturated carbocycles. The van der Waals surface area contributed by atoms with Gasteiger partial charge in [0.1, 0.15) is 5.75 Å². The van der Waals surface area contributed by atoms with Crippen LogP contribution in [-0.2, 0) is 11.2 Å². The topological polar surface area (TPSA) is 79.5 Å². The molecule has 0 heterocycles. The van der Waals surface area contributed by atoms with Crippen molar-refractivity contribution in [2.45, 2.75) is 19.8 Å². The SMILES string of the molecule is CCCOc1ccc(Br)cc1C(=O)NC(=S)Nc1cccc(NC(=O)Cc2ccccc2)c1. The molecule has 0 aromatic heterocycles. The van der Waals surface area contributed by atoms with E-state index in [4.69, 9.17) is 17.0 Å². The largest absolute Gasteiger partial charge is 0.493 e. The molecule has 0 bridgehead atoms. The fourth-order valence-electron chi connectivity index (χ4n) is 3.01. The number of amides is 2. The summed E-state index contributed by atoms with van der Waals surface area (Å²) in [5, 5.41) is 8.66. The first-order chi connectivity index (χ1) is 15.9. The predicted molar refractivity (Wildman–Crippen MR) is 139 cm³/mol. The summed E-state index contributed by atoms with van der Waals surface area (Å²) < 4.78 is 6.43. The van der Waals surface area contributed by atoms with Crippen LogP contribution in [0.15, 0.2) is 77.3 Å². The average molecular weight is 526 g/mol. The van der Waals surface area contributed by atoms with Gasteiger partial charge in [0, 0.05) is 15.8 Å². The monoisotopic (exact) mass is 525 g/mol. The number of halogens is 1. The van der Waals surface area contributed by atoms with Crippen molar-refractivity contribution in [1.29, 1.82) is 0 Å². The van der Waals surface area contributed by atoms with Crippen molar-refractivity contribution in [3.8, 4) is 5.75 Å². The van der Waals surface area contributed by atoms with Gasteiger partial charge < -0.3 is 15.4 Å². The van der Waals surface area contributed by atoms with Crippen LogP contribution in [0.2, 0.25) is 0 Å². The summed E-state index contributed by atoms with van der Waals surface area (Å²) in [4.78, 5) is 25.1. The number of hydrogen-bond donors (Lipinski definition) is 3. The zero-order chi connectivity index (χ0) is 23.6. The number of ether oxygens (including phenoxy) is 1. The zero-order valence-corrected chi connectivity index (χ0v) is 20.5. The third-order valence-electron chi connectivity index (χ3n) is 4.49. The molecule has 0 saturated heterocycles. The van der Waals surface area contributed by atoms with Crippen LogP contribution in [0.25, 0.3) is 0 Å². The van der Waals surface area contributed by atoms with Crippen LogP contribution in [0, 0.1) is 0 Å². The van der Waals surface area contributed by atoms with Gasteiger partial charge in [-0.05, 0) is 60.6 Å². The lowest BCUT2D eigenvalue weighted by molar-refractivity contribution is -0.115. The van der Waals surface area contributed by atoms with Crippen molar-refractivity contribution in [3.05, 3.63) is 88.4 Å². The number of carbonyl (C=O) groups is 2. The van der Waals surface area contributed by atoms with E-state index in [9.17, 15) is 9.59 Å². The van der Waals surface area contributed by atoms with Gasteiger partial charge in [-0.15, -0.1) is 0 Å². The van der Waals surface area contributed by atoms with E-state index in [1.165, 1.54) is 0 Å². The van der Waals surface area contributed by atoms with Crippen LogP contribution in [0.5, 0.6) is 5.75 Å². The molecule has 3 N–H and O–H groups in total. The molecule has 0 radical (unpaired) electrons. The molecule has 3 aromatic rings. The summed E-state index contributed by atoms with van der Waals surface area (Å²) in [6, 6.07) is 21.9. The van der Waals surface area contributed by atoms with Crippen LogP contribution >= 0.6 is 28.1 Å². The van der Waals surface area contributed by atoms with Gasteiger partial charge in [-0.2, -0.15) is 0 Å². The first-order valence-electron chi connectivity index (χ1n) is 10.4. The number of anilines is 2. The second-order valence-corrected chi connectivity index (χ2v) is 8.51. The summed E-state index contributed by atoms with van der Waals surface area (Å²) in [5.74, 6) is -0.0146. The van der Waals surface area contributed by atoms with Crippen molar-refractivity contribution < 1.29 is 14.3 Å². The van der Waals surface area contributed by atoms with Gasteiger partial charge in [0.05, 0.1) is 18.6 Å². The molecule has 6 nitrogen and oxygen atoms in total. The van der Waals surface area contributed by atoms with Crippen molar-refractivity contribution in [2.24, 2.45) is 0 Å². The van der Waals surface area contributed by atoms with Gasteiger partial charge in [0.2, 0.25) is 5.91 Å². The van der Waals surface area contributed by atoms with Crippen LogP contribution in [-0.4, -0.2) is 23.5 Å². The lowest BCUT2D eigenvalue weighted by atomic mass is 10.1. The third kappa shape index (κ3) is 7.69. The Kier molecular flexibility index (Phi) is 8.97. The highest BCUT2D eigenvalue weighted by molar-refractivity contribution is 9.10. The van der Waals surface area contributed by atoms with Gasteiger partial charge in [-0.3, -0.25) is 14.9 Å². The van der Waals surface area contributed by atoms with E-state index in [0.29, 0.717) is 29.3 Å². The first kappa shape index (κ1) is 24.4.